The standard InChI is InChI=1S/C12H19ClN2O2S/c1-4-9(3)15(5-2)18(16,17)12-7-6-10(14)8-11(12)13/h6-9H,4-5,14H2,1-3H3. The second-order valence-corrected chi connectivity index (χ2v) is 6.42. The van der Waals surface area contributed by atoms with Crippen molar-refractivity contribution >= 4 is 27.3 Å². The molecular formula is C12H19ClN2O2S. The number of nitrogens with zero attached hydrogens (tertiary/aromatic N) is 1. The molecule has 0 amide bonds. The second kappa shape index (κ2) is 5.91. The predicted octanol–water partition coefficient (Wildman–Crippen LogP) is 2.73. The largest absolute Gasteiger partial charge is 0.399 e. The molecule has 1 aromatic rings. The van der Waals surface area contributed by atoms with Gasteiger partial charge in [-0.3, -0.25) is 0 Å². The fraction of sp³-hybridized carbons (Fsp3) is 0.500. The Bertz CT molecular complexity index is 517. The van der Waals surface area contributed by atoms with Gasteiger partial charge in [0.1, 0.15) is 4.90 Å². The van der Waals surface area contributed by atoms with Gasteiger partial charge >= 0.3 is 0 Å². The van der Waals surface area contributed by atoms with Crippen LogP contribution in [0.3, 0.4) is 0 Å². The number of anilines is 1. The van der Waals surface area contributed by atoms with Gasteiger partial charge < -0.3 is 5.73 Å². The molecule has 1 atom stereocenters. The molecule has 0 radical (unpaired) electrons. The lowest BCUT2D eigenvalue weighted by atomic mass is 10.3. The van der Waals surface area contributed by atoms with Gasteiger partial charge in [-0.2, -0.15) is 4.31 Å². The van der Waals surface area contributed by atoms with Crippen molar-refractivity contribution in [3.63, 3.8) is 0 Å². The Hall–Kier alpha value is -0.780. The zero-order chi connectivity index (χ0) is 13.9. The molecule has 1 rings (SSSR count). The summed E-state index contributed by atoms with van der Waals surface area (Å²) >= 11 is 5.98. The minimum atomic E-state index is -3.56. The molecule has 0 aromatic heterocycles. The third-order valence-electron chi connectivity index (χ3n) is 2.94. The summed E-state index contributed by atoms with van der Waals surface area (Å²) in [5, 5.41) is 0.164. The molecule has 0 spiro atoms. The monoisotopic (exact) mass is 290 g/mol. The molecule has 0 saturated heterocycles. The van der Waals surface area contributed by atoms with Crippen molar-refractivity contribution in [3.05, 3.63) is 23.2 Å². The van der Waals surface area contributed by atoms with Crippen LogP contribution in [0.15, 0.2) is 23.1 Å². The summed E-state index contributed by atoms with van der Waals surface area (Å²) in [5.74, 6) is 0. The number of halogens is 1. The predicted molar refractivity (Wildman–Crippen MR) is 75.2 cm³/mol. The average molecular weight is 291 g/mol. The summed E-state index contributed by atoms with van der Waals surface area (Å²) in [6.45, 7) is 6.06. The van der Waals surface area contributed by atoms with Gasteiger partial charge in [-0.1, -0.05) is 25.4 Å². The average Bonchev–Trinajstić information content (AvgIpc) is 2.28. The Morgan fingerprint density at radius 3 is 2.44 bits per heavy atom. The smallest absolute Gasteiger partial charge is 0.244 e. The quantitative estimate of drug-likeness (QED) is 0.848. The summed E-state index contributed by atoms with van der Waals surface area (Å²) in [5.41, 5.74) is 6.02. The lowest BCUT2D eigenvalue weighted by Gasteiger charge is -2.26. The number of hydrogen-bond donors (Lipinski definition) is 1. The van der Waals surface area contributed by atoms with Crippen LogP contribution in [0.2, 0.25) is 5.02 Å². The Morgan fingerprint density at radius 2 is 2.00 bits per heavy atom. The number of nitrogens with two attached hydrogens (primary N) is 1. The van der Waals surface area contributed by atoms with Gasteiger partial charge in [0.05, 0.1) is 5.02 Å². The fourth-order valence-corrected chi connectivity index (χ4v) is 4.02. The van der Waals surface area contributed by atoms with E-state index in [9.17, 15) is 8.42 Å². The zero-order valence-electron chi connectivity index (χ0n) is 10.9. The molecule has 0 aliphatic heterocycles. The molecular weight excluding hydrogens is 272 g/mol. The van der Waals surface area contributed by atoms with Gasteiger partial charge in [0.2, 0.25) is 10.0 Å². The Labute approximate surface area is 114 Å². The third kappa shape index (κ3) is 2.96. The molecule has 0 fully saturated rings. The maximum atomic E-state index is 12.5. The van der Waals surface area contributed by atoms with E-state index in [0.717, 1.165) is 6.42 Å². The molecule has 0 bridgehead atoms. The third-order valence-corrected chi connectivity index (χ3v) is 5.51. The summed E-state index contributed by atoms with van der Waals surface area (Å²) < 4.78 is 26.4. The minimum Gasteiger partial charge on any atom is -0.399 e. The number of benzene rings is 1. The second-order valence-electron chi connectivity index (χ2n) is 4.16. The van der Waals surface area contributed by atoms with Crippen LogP contribution < -0.4 is 5.73 Å². The molecule has 0 heterocycles. The van der Waals surface area contributed by atoms with Crippen molar-refractivity contribution < 1.29 is 8.42 Å². The van der Waals surface area contributed by atoms with Gasteiger partial charge in [0.25, 0.3) is 0 Å². The number of sulfonamides is 1. The first-order valence-corrected chi connectivity index (χ1v) is 7.73. The summed E-state index contributed by atoms with van der Waals surface area (Å²) in [6, 6.07) is 4.40. The van der Waals surface area contributed by atoms with Crippen LogP contribution in [-0.2, 0) is 10.0 Å². The Morgan fingerprint density at radius 1 is 1.39 bits per heavy atom. The fourth-order valence-electron chi connectivity index (χ4n) is 1.77. The Balaban J connectivity index is 3.27. The van der Waals surface area contributed by atoms with E-state index in [1.165, 1.54) is 16.4 Å². The van der Waals surface area contributed by atoms with Crippen molar-refractivity contribution in [1.29, 1.82) is 0 Å². The van der Waals surface area contributed by atoms with Crippen LogP contribution in [0.25, 0.3) is 0 Å². The van der Waals surface area contributed by atoms with Crippen molar-refractivity contribution in [2.75, 3.05) is 12.3 Å². The van der Waals surface area contributed by atoms with Crippen LogP contribution in [-0.4, -0.2) is 25.3 Å². The molecule has 2 N–H and O–H groups in total. The molecule has 1 aromatic carbocycles. The van der Waals surface area contributed by atoms with E-state index >= 15 is 0 Å². The number of nitrogen functional groups attached to an aromatic ring is 1. The van der Waals surface area contributed by atoms with Crippen LogP contribution in [0.1, 0.15) is 27.2 Å². The maximum Gasteiger partial charge on any atom is 0.244 e. The molecule has 18 heavy (non-hydrogen) atoms. The van der Waals surface area contributed by atoms with Crippen LogP contribution in [0, 0.1) is 0 Å². The molecule has 102 valence electrons. The van der Waals surface area contributed by atoms with E-state index in [-0.39, 0.29) is 16.0 Å². The van der Waals surface area contributed by atoms with Crippen LogP contribution in [0.4, 0.5) is 5.69 Å². The number of hydrogen-bond acceptors (Lipinski definition) is 3. The van der Waals surface area contributed by atoms with E-state index in [2.05, 4.69) is 0 Å². The molecule has 0 aliphatic carbocycles. The SMILES string of the molecule is CCC(C)N(CC)S(=O)(=O)c1ccc(N)cc1Cl. The Kier molecular flexibility index (Phi) is 5.01. The normalized spacial score (nSPS) is 13.8. The van der Waals surface area contributed by atoms with Crippen molar-refractivity contribution in [1.82, 2.24) is 4.31 Å². The number of rotatable bonds is 5. The zero-order valence-corrected chi connectivity index (χ0v) is 12.4. The topological polar surface area (TPSA) is 63.4 Å². The maximum absolute atomic E-state index is 12.5. The van der Waals surface area contributed by atoms with E-state index in [1.807, 2.05) is 20.8 Å². The minimum absolute atomic E-state index is 0.0615. The highest BCUT2D eigenvalue weighted by Gasteiger charge is 2.28. The lowest BCUT2D eigenvalue weighted by Crippen LogP contribution is -2.38. The molecule has 6 heteroatoms. The lowest BCUT2D eigenvalue weighted by molar-refractivity contribution is 0.342. The summed E-state index contributed by atoms with van der Waals surface area (Å²) in [7, 11) is -3.56. The van der Waals surface area contributed by atoms with Crippen LogP contribution in [0.5, 0.6) is 0 Å². The van der Waals surface area contributed by atoms with E-state index < -0.39 is 10.0 Å². The van der Waals surface area contributed by atoms with Crippen molar-refractivity contribution in [3.8, 4) is 0 Å². The van der Waals surface area contributed by atoms with Crippen molar-refractivity contribution in [2.45, 2.75) is 38.1 Å². The summed E-state index contributed by atoms with van der Waals surface area (Å²) in [6.07, 6.45) is 0.750. The molecule has 1 unspecified atom stereocenters. The molecule has 0 aliphatic rings. The summed E-state index contributed by atoms with van der Waals surface area (Å²) in [4.78, 5) is 0.112. The van der Waals surface area contributed by atoms with Crippen molar-refractivity contribution in [2.24, 2.45) is 0 Å². The van der Waals surface area contributed by atoms with E-state index in [4.69, 9.17) is 17.3 Å². The highest BCUT2D eigenvalue weighted by molar-refractivity contribution is 7.89. The van der Waals surface area contributed by atoms with Gasteiger partial charge in [0.15, 0.2) is 0 Å². The molecule has 4 nitrogen and oxygen atoms in total. The van der Waals surface area contributed by atoms with E-state index in [1.54, 1.807) is 6.07 Å². The van der Waals surface area contributed by atoms with Crippen LogP contribution >= 0.6 is 11.6 Å². The first-order chi connectivity index (χ1) is 8.34. The first-order valence-electron chi connectivity index (χ1n) is 5.91. The van der Waals surface area contributed by atoms with Gasteiger partial charge in [0, 0.05) is 18.3 Å². The van der Waals surface area contributed by atoms with Gasteiger partial charge in [-0.05, 0) is 31.5 Å². The highest BCUT2D eigenvalue weighted by Crippen LogP contribution is 2.27. The van der Waals surface area contributed by atoms with E-state index in [0.29, 0.717) is 12.2 Å². The van der Waals surface area contributed by atoms with Gasteiger partial charge in [-0.25, -0.2) is 8.42 Å². The highest BCUT2D eigenvalue weighted by atomic mass is 35.5. The molecule has 0 saturated carbocycles. The van der Waals surface area contributed by atoms with Gasteiger partial charge in [-0.15, -0.1) is 0 Å². The first kappa shape index (κ1) is 15.3.